The van der Waals surface area contributed by atoms with Crippen molar-refractivity contribution in [3.8, 4) is 5.75 Å². The van der Waals surface area contributed by atoms with Gasteiger partial charge in [-0.1, -0.05) is 30.3 Å². The fourth-order valence-corrected chi connectivity index (χ4v) is 3.17. The first-order chi connectivity index (χ1) is 16.8. The van der Waals surface area contributed by atoms with Gasteiger partial charge in [0.15, 0.2) is 5.11 Å². The van der Waals surface area contributed by atoms with Gasteiger partial charge in [0.05, 0.1) is 6.42 Å². The first-order valence-electron chi connectivity index (χ1n) is 11.1. The number of hydrogen-bond donors (Lipinski definition) is 6. The number of aromatic hydroxyl groups is 1. The summed E-state index contributed by atoms with van der Waals surface area (Å²) < 4.78 is 5.25. The van der Waals surface area contributed by atoms with Crippen LogP contribution >= 0.6 is 12.2 Å². The fourth-order valence-electron chi connectivity index (χ4n) is 2.97. The molecule has 0 saturated carbocycles. The Bertz CT molecular complexity index is 972. The zero-order valence-electron chi connectivity index (χ0n) is 19.2. The van der Waals surface area contributed by atoms with Crippen molar-refractivity contribution < 1.29 is 29.3 Å². The number of alkyl carbamates (subject to hydrolysis) is 1. The highest BCUT2D eigenvalue weighted by Gasteiger charge is 2.21. The van der Waals surface area contributed by atoms with Gasteiger partial charge in [0.2, 0.25) is 5.91 Å². The Labute approximate surface area is 209 Å². The molecule has 35 heavy (non-hydrogen) atoms. The lowest BCUT2D eigenvalue weighted by atomic mass is 10.1. The van der Waals surface area contributed by atoms with Crippen molar-refractivity contribution in [2.24, 2.45) is 0 Å². The Kier molecular flexibility index (Phi) is 11.8. The van der Waals surface area contributed by atoms with Gasteiger partial charge < -0.3 is 36.2 Å². The average molecular weight is 503 g/mol. The van der Waals surface area contributed by atoms with Crippen LogP contribution in [0.1, 0.15) is 31.2 Å². The number of aliphatic carboxylic acids is 1. The molecule has 0 heterocycles. The van der Waals surface area contributed by atoms with Crippen molar-refractivity contribution in [1.82, 2.24) is 16.0 Å². The molecule has 2 aromatic carbocycles. The summed E-state index contributed by atoms with van der Waals surface area (Å²) >= 11 is 5.09. The van der Waals surface area contributed by atoms with Crippen LogP contribution in [-0.4, -0.2) is 52.4 Å². The standard InChI is InChI=1S/C24H30N4O6S/c29-19-11-9-18(10-12-19)27-22(32)20(28-24(33)34-16-17-6-2-1-3-7-17)8-4-5-14-25-23(35)26-15-13-21(30)31/h1-3,6-7,9-12,20,29H,4-5,8,13-16H2,(H,27,32)(H,28,33)(H,30,31)(H2,25,26,35)/t20-/m0/s1. The van der Waals surface area contributed by atoms with Crippen LogP contribution in [0, 0.1) is 0 Å². The van der Waals surface area contributed by atoms with Gasteiger partial charge in [-0.15, -0.1) is 0 Å². The molecule has 1 atom stereocenters. The smallest absolute Gasteiger partial charge is 0.408 e. The number of amides is 2. The van der Waals surface area contributed by atoms with E-state index in [1.807, 2.05) is 30.3 Å². The lowest BCUT2D eigenvalue weighted by Crippen LogP contribution is -2.44. The van der Waals surface area contributed by atoms with Crippen LogP contribution in [0.3, 0.4) is 0 Å². The van der Waals surface area contributed by atoms with E-state index in [1.165, 1.54) is 12.1 Å². The molecule has 188 valence electrons. The topological polar surface area (TPSA) is 149 Å². The van der Waals surface area contributed by atoms with E-state index in [2.05, 4.69) is 21.3 Å². The maximum atomic E-state index is 12.8. The molecule has 0 fully saturated rings. The molecule has 2 amide bonds. The number of carboxylic acid groups (broad SMARTS) is 1. The number of benzene rings is 2. The lowest BCUT2D eigenvalue weighted by molar-refractivity contribution is -0.136. The van der Waals surface area contributed by atoms with Crippen molar-refractivity contribution in [2.75, 3.05) is 18.4 Å². The number of unbranched alkanes of at least 4 members (excludes halogenated alkanes) is 1. The third kappa shape index (κ3) is 11.7. The maximum absolute atomic E-state index is 12.8. The summed E-state index contributed by atoms with van der Waals surface area (Å²) in [7, 11) is 0. The van der Waals surface area contributed by atoms with Gasteiger partial charge in [-0.2, -0.15) is 0 Å². The van der Waals surface area contributed by atoms with Crippen LogP contribution in [0.4, 0.5) is 10.5 Å². The molecule has 0 aliphatic rings. The Hall–Kier alpha value is -3.86. The van der Waals surface area contributed by atoms with E-state index in [0.717, 1.165) is 5.56 Å². The molecule has 0 spiro atoms. The Balaban J connectivity index is 1.83. The molecule has 10 nitrogen and oxygen atoms in total. The van der Waals surface area contributed by atoms with Gasteiger partial charge in [0.25, 0.3) is 0 Å². The molecule has 0 saturated heterocycles. The van der Waals surface area contributed by atoms with Crippen LogP contribution in [0.2, 0.25) is 0 Å². The van der Waals surface area contributed by atoms with E-state index < -0.39 is 24.0 Å². The minimum Gasteiger partial charge on any atom is -0.508 e. The van der Waals surface area contributed by atoms with Crippen molar-refractivity contribution >= 4 is 41.0 Å². The normalized spacial score (nSPS) is 11.1. The van der Waals surface area contributed by atoms with E-state index in [1.54, 1.807) is 12.1 Å². The number of thiocarbonyl (C=S) groups is 1. The van der Waals surface area contributed by atoms with Crippen LogP contribution in [0.5, 0.6) is 5.75 Å². The molecular weight excluding hydrogens is 472 g/mol. The van der Waals surface area contributed by atoms with E-state index >= 15 is 0 Å². The minimum absolute atomic E-state index is 0.0360. The summed E-state index contributed by atoms with van der Waals surface area (Å²) in [5.74, 6) is -1.25. The van der Waals surface area contributed by atoms with E-state index in [9.17, 15) is 19.5 Å². The highest BCUT2D eigenvalue weighted by atomic mass is 32.1. The van der Waals surface area contributed by atoms with Crippen molar-refractivity contribution in [3.63, 3.8) is 0 Å². The minimum atomic E-state index is -0.910. The zero-order chi connectivity index (χ0) is 25.5. The van der Waals surface area contributed by atoms with Crippen LogP contribution in [0.25, 0.3) is 0 Å². The highest BCUT2D eigenvalue weighted by Crippen LogP contribution is 2.15. The van der Waals surface area contributed by atoms with Crippen LogP contribution < -0.4 is 21.3 Å². The van der Waals surface area contributed by atoms with Gasteiger partial charge in [-0.25, -0.2) is 4.79 Å². The predicted octanol–water partition coefficient (Wildman–Crippen LogP) is 2.73. The summed E-state index contributed by atoms with van der Waals surface area (Å²) in [6, 6.07) is 14.4. The maximum Gasteiger partial charge on any atom is 0.408 e. The second-order valence-electron chi connectivity index (χ2n) is 7.62. The van der Waals surface area contributed by atoms with Gasteiger partial charge in [0.1, 0.15) is 18.4 Å². The third-order valence-electron chi connectivity index (χ3n) is 4.79. The number of phenolic OH excluding ortho intramolecular Hbond substituents is 1. The second-order valence-corrected chi connectivity index (χ2v) is 8.03. The van der Waals surface area contributed by atoms with Crippen molar-refractivity contribution in [2.45, 2.75) is 38.3 Å². The number of carbonyl (C=O) groups is 3. The number of ether oxygens (including phenoxy) is 1. The first kappa shape index (κ1) is 27.4. The van der Waals surface area contributed by atoms with E-state index in [-0.39, 0.29) is 25.3 Å². The number of carbonyl (C=O) groups excluding carboxylic acids is 2. The molecule has 6 N–H and O–H groups in total. The second kappa shape index (κ2) is 15.1. The number of nitrogens with one attached hydrogen (secondary N) is 4. The first-order valence-corrected chi connectivity index (χ1v) is 11.5. The highest BCUT2D eigenvalue weighted by molar-refractivity contribution is 7.80. The molecule has 0 bridgehead atoms. The number of anilines is 1. The summed E-state index contributed by atoms with van der Waals surface area (Å²) in [6.07, 6.45) is 0.861. The van der Waals surface area contributed by atoms with Gasteiger partial charge in [-0.05, 0) is 61.3 Å². The van der Waals surface area contributed by atoms with Crippen LogP contribution in [-0.2, 0) is 20.9 Å². The number of hydrogen-bond acceptors (Lipinski definition) is 6. The molecule has 0 aliphatic heterocycles. The summed E-state index contributed by atoms with van der Waals surface area (Å²) in [5, 5.41) is 29.5. The molecule has 0 unspecified atom stereocenters. The number of phenols is 1. The van der Waals surface area contributed by atoms with Crippen molar-refractivity contribution in [1.29, 1.82) is 0 Å². The van der Waals surface area contributed by atoms with Gasteiger partial charge in [0, 0.05) is 18.8 Å². The molecule has 0 aromatic heterocycles. The Morgan fingerprint density at radius 2 is 1.63 bits per heavy atom. The average Bonchev–Trinajstić information content (AvgIpc) is 2.83. The fraction of sp³-hybridized carbons (Fsp3) is 0.333. The summed E-state index contributed by atoms with van der Waals surface area (Å²) in [6.45, 7) is 0.828. The summed E-state index contributed by atoms with van der Waals surface area (Å²) in [5.41, 5.74) is 1.31. The Morgan fingerprint density at radius 3 is 2.31 bits per heavy atom. The molecular formula is C24H30N4O6S. The van der Waals surface area contributed by atoms with Gasteiger partial charge in [-0.3, -0.25) is 9.59 Å². The Morgan fingerprint density at radius 1 is 0.943 bits per heavy atom. The molecule has 0 radical (unpaired) electrons. The van der Waals surface area contributed by atoms with E-state index in [4.69, 9.17) is 22.1 Å². The molecule has 2 rings (SSSR count). The van der Waals surface area contributed by atoms with Gasteiger partial charge >= 0.3 is 12.1 Å². The monoisotopic (exact) mass is 502 g/mol. The largest absolute Gasteiger partial charge is 0.508 e. The molecule has 11 heteroatoms. The predicted molar refractivity (Wildman–Crippen MR) is 135 cm³/mol. The summed E-state index contributed by atoms with van der Waals surface area (Å²) in [4.78, 5) is 35.7. The molecule has 2 aromatic rings. The van der Waals surface area contributed by atoms with E-state index in [0.29, 0.717) is 36.6 Å². The third-order valence-corrected chi connectivity index (χ3v) is 5.07. The quantitative estimate of drug-likeness (QED) is 0.138. The molecule has 0 aliphatic carbocycles. The SMILES string of the molecule is O=C(O)CCNC(=S)NCCCC[C@H](NC(=O)OCc1ccccc1)C(=O)Nc1ccc(O)cc1. The van der Waals surface area contributed by atoms with Crippen molar-refractivity contribution in [3.05, 3.63) is 60.2 Å². The lowest BCUT2D eigenvalue weighted by Gasteiger charge is -2.19. The number of rotatable bonds is 13. The zero-order valence-corrected chi connectivity index (χ0v) is 20.0. The number of carboxylic acids is 1. The van der Waals surface area contributed by atoms with Crippen LogP contribution in [0.15, 0.2) is 54.6 Å².